The summed E-state index contributed by atoms with van der Waals surface area (Å²) in [5.74, 6) is 0. The topological polar surface area (TPSA) is 92.2 Å². The maximum atomic E-state index is 12.4. The Bertz CT molecular complexity index is 759. The van der Waals surface area contributed by atoms with Crippen LogP contribution in [0, 0.1) is 6.92 Å². The zero-order chi connectivity index (χ0) is 15.6. The Kier molecular flexibility index (Phi) is 4.82. The van der Waals surface area contributed by atoms with E-state index in [1.165, 1.54) is 23.5 Å². The van der Waals surface area contributed by atoms with Crippen LogP contribution in [0.25, 0.3) is 0 Å². The van der Waals surface area contributed by atoms with E-state index in [0.29, 0.717) is 17.5 Å². The molecule has 21 heavy (non-hydrogen) atoms. The lowest BCUT2D eigenvalue weighted by molar-refractivity contribution is 0.280. The normalized spacial score (nSPS) is 11.6. The molecule has 0 aliphatic heterocycles. The second-order valence-corrected chi connectivity index (χ2v) is 7.46. The van der Waals surface area contributed by atoms with Crippen molar-refractivity contribution in [2.24, 2.45) is 0 Å². The number of sulfonamides is 1. The van der Waals surface area contributed by atoms with Gasteiger partial charge >= 0.3 is 0 Å². The highest BCUT2D eigenvalue weighted by Gasteiger charge is 2.21. The molecule has 2 aromatic rings. The summed E-state index contributed by atoms with van der Waals surface area (Å²) in [6.45, 7) is 3.25. The predicted molar refractivity (Wildman–Crippen MR) is 82.2 cm³/mol. The van der Waals surface area contributed by atoms with Gasteiger partial charge in [-0.1, -0.05) is 29.9 Å². The van der Waals surface area contributed by atoms with Crippen molar-refractivity contribution in [3.8, 4) is 0 Å². The van der Waals surface area contributed by atoms with Gasteiger partial charge in [-0.05, 0) is 36.6 Å². The minimum atomic E-state index is -3.83. The van der Waals surface area contributed by atoms with Gasteiger partial charge in [0.05, 0.1) is 11.5 Å². The first kappa shape index (κ1) is 16.2. The van der Waals surface area contributed by atoms with Gasteiger partial charge in [0.1, 0.15) is 5.01 Å². The summed E-state index contributed by atoms with van der Waals surface area (Å²) in [5.41, 5.74) is 0.920. The molecule has 0 atom stereocenters. The zero-order valence-corrected chi connectivity index (χ0v) is 13.8. The van der Waals surface area contributed by atoms with Crippen LogP contribution in [-0.4, -0.2) is 23.7 Å². The first-order valence-corrected chi connectivity index (χ1v) is 8.80. The van der Waals surface area contributed by atoms with Crippen LogP contribution in [0.3, 0.4) is 0 Å². The molecule has 2 N–H and O–H groups in total. The molecule has 1 aromatic carbocycles. The Labute approximate surface area is 131 Å². The number of halogens is 1. The Morgan fingerprint density at radius 3 is 2.67 bits per heavy atom. The lowest BCUT2D eigenvalue weighted by atomic mass is 10.1. The second-order valence-electron chi connectivity index (χ2n) is 4.31. The molecule has 6 nitrogen and oxygen atoms in total. The molecule has 114 valence electrons. The van der Waals surface area contributed by atoms with Crippen LogP contribution in [0.4, 0.5) is 5.13 Å². The number of aryl methyl sites for hydroxylation is 1. The number of aliphatic hydroxyl groups excluding tert-OH is 1. The Balaban J connectivity index is 2.42. The highest BCUT2D eigenvalue weighted by atomic mass is 35.5. The molecule has 1 aromatic heterocycles. The average Bonchev–Trinajstić information content (AvgIpc) is 2.87. The van der Waals surface area contributed by atoms with Crippen LogP contribution >= 0.6 is 22.9 Å². The van der Waals surface area contributed by atoms with Gasteiger partial charge in [0.25, 0.3) is 10.0 Å². The number of aliphatic hydroxyl groups is 1. The van der Waals surface area contributed by atoms with Gasteiger partial charge in [-0.2, -0.15) is 0 Å². The molecule has 1 heterocycles. The maximum absolute atomic E-state index is 12.4. The zero-order valence-electron chi connectivity index (χ0n) is 11.4. The van der Waals surface area contributed by atoms with Crippen LogP contribution in [0.2, 0.25) is 5.02 Å². The SMILES string of the molecule is CCc1nnc(NS(=O)(=O)c2cc(Cl)cc(CO)c2C)s1. The molecule has 0 aliphatic rings. The fourth-order valence-electron chi connectivity index (χ4n) is 1.76. The Morgan fingerprint density at radius 2 is 2.10 bits per heavy atom. The van der Waals surface area contributed by atoms with E-state index in [1.54, 1.807) is 6.92 Å². The number of hydrogen-bond donors (Lipinski definition) is 2. The van der Waals surface area contributed by atoms with Crippen molar-refractivity contribution in [1.29, 1.82) is 0 Å². The summed E-state index contributed by atoms with van der Waals surface area (Å²) < 4.78 is 27.2. The summed E-state index contributed by atoms with van der Waals surface area (Å²) in [7, 11) is -3.83. The summed E-state index contributed by atoms with van der Waals surface area (Å²) in [4.78, 5) is 0.0206. The van der Waals surface area contributed by atoms with Crippen molar-refractivity contribution in [1.82, 2.24) is 10.2 Å². The van der Waals surface area contributed by atoms with E-state index < -0.39 is 10.0 Å². The molecular formula is C12H14ClN3O3S2. The number of nitrogens with one attached hydrogen (secondary N) is 1. The molecule has 0 spiro atoms. The molecule has 0 bridgehead atoms. The van der Waals surface area contributed by atoms with Gasteiger partial charge in [-0.25, -0.2) is 8.42 Å². The monoisotopic (exact) mass is 347 g/mol. The van der Waals surface area contributed by atoms with Gasteiger partial charge < -0.3 is 5.11 Å². The number of rotatable bonds is 5. The van der Waals surface area contributed by atoms with Gasteiger partial charge in [0.15, 0.2) is 0 Å². The van der Waals surface area contributed by atoms with E-state index in [1.807, 2.05) is 6.92 Å². The lowest BCUT2D eigenvalue weighted by Crippen LogP contribution is -2.15. The molecule has 0 saturated carbocycles. The Hall–Kier alpha value is -1.22. The second kappa shape index (κ2) is 6.27. The number of aromatic nitrogens is 2. The summed E-state index contributed by atoms with van der Waals surface area (Å²) in [6, 6.07) is 2.89. The summed E-state index contributed by atoms with van der Waals surface area (Å²) in [5, 5.41) is 18.1. The smallest absolute Gasteiger partial charge is 0.264 e. The predicted octanol–water partition coefficient (Wildman–Crippen LogP) is 2.36. The minimum Gasteiger partial charge on any atom is -0.392 e. The van der Waals surface area contributed by atoms with E-state index in [4.69, 9.17) is 11.6 Å². The number of benzene rings is 1. The first-order chi connectivity index (χ1) is 9.87. The fourth-order valence-corrected chi connectivity index (χ4v) is 4.29. The van der Waals surface area contributed by atoms with Gasteiger partial charge in [0, 0.05) is 5.02 Å². The van der Waals surface area contributed by atoms with Crippen LogP contribution in [0.5, 0.6) is 0 Å². The third-order valence-electron chi connectivity index (χ3n) is 2.88. The van der Waals surface area contributed by atoms with Crippen LogP contribution in [0.1, 0.15) is 23.1 Å². The third kappa shape index (κ3) is 3.52. The van der Waals surface area contributed by atoms with Crippen LogP contribution in [0.15, 0.2) is 17.0 Å². The van der Waals surface area contributed by atoms with E-state index in [2.05, 4.69) is 14.9 Å². The molecule has 0 saturated heterocycles. The average molecular weight is 348 g/mol. The van der Waals surface area contributed by atoms with E-state index in [0.717, 1.165) is 5.01 Å². The lowest BCUT2D eigenvalue weighted by Gasteiger charge is -2.11. The molecule has 9 heteroatoms. The van der Waals surface area contributed by atoms with E-state index >= 15 is 0 Å². The third-order valence-corrected chi connectivity index (χ3v) is 5.68. The molecule has 2 rings (SSSR count). The van der Waals surface area contributed by atoms with Crippen molar-refractivity contribution >= 4 is 38.1 Å². The number of hydrogen-bond acceptors (Lipinski definition) is 6. The summed E-state index contributed by atoms with van der Waals surface area (Å²) >= 11 is 7.09. The van der Waals surface area contributed by atoms with Crippen molar-refractivity contribution < 1.29 is 13.5 Å². The van der Waals surface area contributed by atoms with Crippen molar-refractivity contribution in [2.45, 2.75) is 31.8 Å². The van der Waals surface area contributed by atoms with Crippen LogP contribution < -0.4 is 4.72 Å². The first-order valence-electron chi connectivity index (χ1n) is 6.12. The van der Waals surface area contributed by atoms with Gasteiger partial charge in [-0.3, -0.25) is 4.72 Å². The molecule has 0 fully saturated rings. The highest BCUT2D eigenvalue weighted by Crippen LogP contribution is 2.27. The fraction of sp³-hybridized carbons (Fsp3) is 0.333. The van der Waals surface area contributed by atoms with Crippen molar-refractivity contribution in [2.75, 3.05) is 4.72 Å². The van der Waals surface area contributed by atoms with Gasteiger partial charge in [0.2, 0.25) is 5.13 Å². The largest absolute Gasteiger partial charge is 0.392 e. The van der Waals surface area contributed by atoms with Crippen LogP contribution in [-0.2, 0) is 23.1 Å². The standard InChI is InChI=1S/C12H14ClN3O3S2/c1-3-11-14-15-12(20-11)16-21(18,19)10-5-9(13)4-8(6-17)7(10)2/h4-5,17H,3,6H2,1-2H3,(H,15,16). The summed E-state index contributed by atoms with van der Waals surface area (Å²) in [6.07, 6.45) is 0.685. The molecule has 0 aliphatic carbocycles. The highest BCUT2D eigenvalue weighted by molar-refractivity contribution is 7.93. The Morgan fingerprint density at radius 1 is 1.38 bits per heavy atom. The maximum Gasteiger partial charge on any atom is 0.264 e. The van der Waals surface area contributed by atoms with Crippen molar-refractivity contribution in [3.05, 3.63) is 33.3 Å². The quantitative estimate of drug-likeness (QED) is 0.866. The molecular weight excluding hydrogens is 334 g/mol. The van der Waals surface area contributed by atoms with Crippen molar-refractivity contribution in [3.63, 3.8) is 0 Å². The number of nitrogens with zero attached hydrogens (tertiary/aromatic N) is 2. The molecule has 0 unspecified atom stereocenters. The van der Waals surface area contributed by atoms with E-state index in [-0.39, 0.29) is 21.7 Å². The number of anilines is 1. The molecule has 0 radical (unpaired) electrons. The van der Waals surface area contributed by atoms with Gasteiger partial charge in [-0.15, -0.1) is 10.2 Å². The van der Waals surface area contributed by atoms with E-state index in [9.17, 15) is 13.5 Å². The molecule has 0 amide bonds. The minimum absolute atomic E-state index is 0.0206.